The molecule has 0 radical (unpaired) electrons. The fourth-order valence-corrected chi connectivity index (χ4v) is 1.41. The third-order valence-electron chi connectivity index (χ3n) is 1.48. The van der Waals surface area contributed by atoms with E-state index in [9.17, 15) is 0 Å². The van der Waals surface area contributed by atoms with Gasteiger partial charge in [0.2, 0.25) is 0 Å². The average molecular weight is 275 g/mol. The van der Waals surface area contributed by atoms with Gasteiger partial charge in [-0.1, -0.05) is 0 Å². The standard InChI is InChI=1S/C7H6IN3O/c8-5-1-2-7-9-6(4-12)10-11(7)3-5/h1-3,12H,4H2. The smallest absolute Gasteiger partial charge is 0.177 e. The van der Waals surface area contributed by atoms with E-state index in [1.54, 1.807) is 4.52 Å². The van der Waals surface area contributed by atoms with Crippen molar-refractivity contribution in [2.24, 2.45) is 0 Å². The van der Waals surface area contributed by atoms with Crippen LogP contribution in [0.15, 0.2) is 18.3 Å². The molecule has 12 heavy (non-hydrogen) atoms. The highest BCUT2D eigenvalue weighted by Crippen LogP contribution is 2.06. The SMILES string of the molecule is OCc1nc2ccc(I)cn2n1. The Morgan fingerprint density at radius 3 is 3.08 bits per heavy atom. The van der Waals surface area contributed by atoms with Crippen molar-refractivity contribution in [2.75, 3.05) is 0 Å². The number of aliphatic hydroxyl groups is 1. The van der Waals surface area contributed by atoms with E-state index in [1.165, 1.54) is 0 Å². The highest BCUT2D eigenvalue weighted by atomic mass is 127. The molecule has 0 spiro atoms. The molecule has 0 bridgehead atoms. The van der Waals surface area contributed by atoms with Gasteiger partial charge in [-0.3, -0.25) is 0 Å². The van der Waals surface area contributed by atoms with Gasteiger partial charge in [-0.25, -0.2) is 9.50 Å². The van der Waals surface area contributed by atoms with Crippen molar-refractivity contribution in [2.45, 2.75) is 6.61 Å². The van der Waals surface area contributed by atoms with Gasteiger partial charge in [0.1, 0.15) is 6.61 Å². The van der Waals surface area contributed by atoms with E-state index in [0.29, 0.717) is 5.82 Å². The Bertz CT molecular complexity index is 412. The van der Waals surface area contributed by atoms with E-state index in [1.807, 2.05) is 18.3 Å². The quantitative estimate of drug-likeness (QED) is 0.784. The van der Waals surface area contributed by atoms with Gasteiger partial charge >= 0.3 is 0 Å². The molecule has 0 aliphatic carbocycles. The Morgan fingerprint density at radius 1 is 1.50 bits per heavy atom. The van der Waals surface area contributed by atoms with Gasteiger partial charge in [-0.05, 0) is 34.7 Å². The van der Waals surface area contributed by atoms with E-state index in [0.717, 1.165) is 9.22 Å². The third-order valence-corrected chi connectivity index (χ3v) is 2.12. The van der Waals surface area contributed by atoms with Crippen LogP contribution in [0.4, 0.5) is 0 Å². The molecule has 2 aromatic heterocycles. The molecule has 5 heteroatoms. The van der Waals surface area contributed by atoms with Crippen LogP contribution in [0.1, 0.15) is 5.82 Å². The van der Waals surface area contributed by atoms with Crippen molar-refractivity contribution >= 4 is 28.2 Å². The van der Waals surface area contributed by atoms with Gasteiger partial charge in [0, 0.05) is 9.77 Å². The van der Waals surface area contributed by atoms with E-state index in [-0.39, 0.29) is 6.61 Å². The number of nitrogens with zero attached hydrogens (tertiary/aromatic N) is 3. The number of rotatable bonds is 1. The highest BCUT2D eigenvalue weighted by Gasteiger charge is 2.00. The van der Waals surface area contributed by atoms with Crippen LogP contribution in [-0.2, 0) is 6.61 Å². The number of hydrogen-bond acceptors (Lipinski definition) is 3. The molecule has 2 heterocycles. The summed E-state index contributed by atoms with van der Waals surface area (Å²) in [6.45, 7) is -0.113. The van der Waals surface area contributed by atoms with Crippen LogP contribution in [0.2, 0.25) is 0 Å². The summed E-state index contributed by atoms with van der Waals surface area (Å²) >= 11 is 2.20. The average Bonchev–Trinajstić information content (AvgIpc) is 2.46. The van der Waals surface area contributed by atoms with Crippen LogP contribution in [0, 0.1) is 3.57 Å². The second-order valence-corrected chi connectivity index (χ2v) is 3.58. The normalized spacial score (nSPS) is 10.8. The Balaban J connectivity index is 2.67. The maximum absolute atomic E-state index is 8.77. The van der Waals surface area contributed by atoms with E-state index in [2.05, 4.69) is 32.7 Å². The molecule has 0 aliphatic heterocycles. The minimum absolute atomic E-state index is 0.113. The first-order chi connectivity index (χ1) is 5.79. The Hall–Kier alpha value is -0.690. The fourth-order valence-electron chi connectivity index (χ4n) is 0.971. The van der Waals surface area contributed by atoms with Crippen molar-refractivity contribution in [3.8, 4) is 0 Å². The molecule has 0 saturated heterocycles. The summed E-state index contributed by atoms with van der Waals surface area (Å²) in [5, 5.41) is 12.8. The molecular formula is C7H6IN3O. The van der Waals surface area contributed by atoms with Gasteiger partial charge in [-0.2, -0.15) is 0 Å². The number of halogens is 1. The zero-order chi connectivity index (χ0) is 8.55. The Morgan fingerprint density at radius 2 is 2.33 bits per heavy atom. The molecule has 1 N–H and O–H groups in total. The Labute approximate surface area is 82.4 Å². The molecule has 2 aromatic rings. The lowest BCUT2D eigenvalue weighted by Crippen LogP contribution is -1.89. The molecule has 0 atom stereocenters. The monoisotopic (exact) mass is 275 g/mol. The van der Waals surface area contributed by atoms with Gasteiger partial charge in [0.15, 0.2) is 11.5 Å². The maximum atomic E-state index is 8.77. The van der Waals surface area contributed by atoms with Crippen molar-refractivity contribution in [3.63, 3.8) is 0 Å². The molecule has 62 valence electrons. The van der Waals surface area contributed by atoms with Crippen molar-refractivity contribution in [1.82, 2.24) is 14.6 Å². The molecule has 2 rings (SSSR count). The van der Waals surface area contributed by atoms with Crippen molar-refractivity contribution in [1.29, 1.82) is 0 Å². The molecule has 0 fully saturated rings. The summed E-state index contributed by atoms with van der Waals surface area (Å²) in [5.41, 5.74) is 0.763. The van der Waals surface area contributed by atoms with Gasteiger partial charge in [0.05, 0.1) is 0 Å². The summed E-state index contributed by atoms with van der Waals surface area (Å²) in [4.78, 5) is 4.07. The van der Waals surface area contributed by atoms with Crippen LogP contribution in [-0.4, -0.2) is 19.7 Å². The second kappa shape index (κ2) is 2.98. The zero-order valence-corrected chi connectivity index (χ0v) is 8.26. The molecule has 0 saturated carbocycles. The molecular weight excluding hydrogens is 269 g/mol. The number of hydrogen-bond donors (Lipinski definition) is 1. The summed E-state index contributed by atoms with van der Waals surface area (Å²) in [7, 11) is 0. The van der Waals surface area contributed by atoms with Crippen LogP contribution in [0.25, 0.3) is 5.65 Å². The lowest BCUT2D eigenvalue weighted by molar-refractivity contribution is 0.271. The predicted octanol–water partition coefficient (Wildman–Crippen LogP) is 0.826. The van der Waals surface area contributed by atoms with E-state index < -0.39 is 0 Å². The molecule has 4 nitrogen and oxygen atoms in total. The number of aromatic nitrogens is 3. The largest absolute Gasteiger partial charge is 0.388 e. The molecule has 0 aliphatic rings. The second-order valence-electron chi connectivity index (χ2n) is 2.34. The third kappa shape index (κ3) is 1.29. The summed E-state index contributed by atoms with van der Waals surface area (Å²) in [6, 6.07) is 3.82. The molecule has 0 amide bonds. The first kappa shape index (κ1) is 7.93. The first-order valence-corrected chi connectivity index (χ1v) is 4.49. The zero-order valence-electron chi connectivity index (χ0n) is 6.11. The topological polar surface area (TPSA) is 50.4 Å². The minimum atomic E-state index is -0.113. The van der Waals surface area contributed by atoms with Crippen LogP contribution >= 0.6 is 22.6 Å². The van der Waals surface area contributed by atoms with Crippen LogP contribution in [0.5, 0.6) is 0 Å². The van der Waals surface area contributed by atoms with Crippen molar-refractivity contribution in [3.05, 3.63) is 27.7 Å². The van der Waals surface area contributed by atoms with Crippen molar-refractivity contribution < 1.29 is 5.11 Å². The lowest BCUT2D eigenvalue weighted by atomic mass is 10.5. The number of pyridine rings is 1. The predicted molar refractivity (Wildman–Crippen MR) is 51.6 cm³/mol. The summed E-state index contributed by atoms with van der Waals surface area (Å²) in [6.07, 6.45) is 1.86. The lowest BCUT2D eigenvalue weighted by Gasteiger charge is -1.89. The maximum Gasteiger partial charge on any atom is 0.177 e. The van der Waals surface area contributed by atoms with Gasteiger partial charge < -0.3 is 5.11 Å². The number of aliphatic hydroxyl groups excluding tert-OH is 1. The fraction of sp³-hybridized carbons (Fsp3) is 0.143. The Kier molecular flexibility index (Phi) is 1.97. The summed E-state index contributed by atoms with van der Waals surface area (Å²) in [5.74, 6) is 0.456. The van der Waals surface area contributed by atoms with Crippen LogP contribution < -0.4 is 0 Å². The summed E-state index contributed by atoms with van der Waals surface area (Å²) < 4.78 is 2.75. The minimum Gasteiger partial charge on any atom is -0.388 e. The number of fused-ring (bicyclic) bond motifs is 1. The van der Waals surface area contributed by atoms with Crippen LogP contribution in [0.3, 0.4) is 0 Å². The highest BCUT2D eigenvalue weighted by molar-refractivity contribution is 14.1. The van der Waals surface area contributed by atoms with E-state index >= 15 is 0 Å². The van der Waals surface area contributed by atoms with Gasteiger partial charge in [0.25, 0.3) is 0 Å². The van der Waals surface area contributed by atoms with Gasteiger partial charge in [-0.15, -0.1) is 5.10 Å². The molecule has 0 unspecified atom stereocenters. The first-order valence-electron chi connectivity index (χ1n) is 3.41. The molecule has 0 aromatic carbocycles. The van der Waals surface area contributed by atoms with E-state index in [4.69, 9.17) is 5.11 Å².